The van der Waals surface area contributed by atoms with Crippen LogP contribution in [0.25, 0.3) is 11.5 Å². The van der Waals surface area contributed by atoms with Crippen molar-refractivity contribution in [2.45, 2.75) is 26.4 Å². The molecule has 2 N–H and O–H groups in total. The van der Waals surface area contributed by atoms with E-state index in [-0.39, 0.29) is 18.6 Å². The second kappa shape index (κ2) is 12.4. The molecule has 2 aromatic carbocycles. The van der Waals surface area contributed by atoms with Gasteiger partial charge in [-0.2, -0.15) is 0 Å². The van der Waals surface area contributed by atoms with Crippen LogP contribution in [0.2, 0.25) is 0 Å². The maximum Gasteiger partial charge on any atom is 0.344 e. The van der Waals surface area contributed by atoms with Gasteiger partial charge in [-0.05, 0) is 55.8 Å². The predicted octanol–water partition coefficient (Wildman–Crippen LogP) is 3.32. The average molecular weight is 516 g/mol. The number of hydrogen-bond donors (Lipinski definition) is 2. The van der Waals surface area contributed by atoms with Crippen LogP contribution in [0.1, 0.15) is 41.6 Å². The van der Waals surface area contributed by atoms with Gasteiger partial charge in [0.25, 0.3) is 5.91 Å². The van der Waals surface area contributed by atoms with Crippen molar-refractivity contribution in [1.29, 1.82) is 0 Å². The lowest BCUT2D eigenvalue weighted by atomic mass is 10.1. The fraction of sp³-hybridized carbons (Fsp3) is 0.259. The van der Waals surface area contributed by atoms with Crippen LogP contribution in [0.5, 0.6) is 5.75 Å². The Hall–Kier alpha value is -4.80. The minimum atomic E-state index is -0.419. The van der Waals surface area contributed by atoms with Gasteiger partial charge in [0.05, 0.1) is 19.2 Å². The molecule has 0 aliphatic carbocycles. The number of anilines is 1. The number of nitrogens with one attached hydrogen (secondary N) is 2. The maximum absolute atomic E-state index is 12.9. The molecule has 1 atom stereocenters. The summed E-state index contributed by atoms with van der Waals surface area (Å²) in [5.41, 5.74) is 2.89. The van der Waals surface area contributed by atoms with E-state index in [2.05, 4.69) is 30.8 Å². The van der Waals surface area contributed by atoms with Crippen molar-refractivity contribution < 1.29 is 19.1 Å². The number of aromatic nitrogens is 5. The van der Waals surface area contributed by atoms with Crippen LogP contribution in [0.4, 0.5) is 5.69 Å². The molecule has 4 rings (SSSR count). The summed E-state index contributed by atoms with van der Waals surface area (Å²) in [5.74, 6) is 1.29. The molecule has 0 aliphatic rings. The van der Waals surface area contributed by atoms with Gasteiger partial charge in [0.15, 0.2) is 18.3 Å². The van der Waals surface area contributed by atoms with E-state index in [9.17, 15) is 9.59 Å². The molecular weight excluding hydrogens is 486 g/mol. The number of carbonyl (C=O) groups excluding carboxylic acids is 2. The standard InChI is InChI=1S/C27H29N7O4/c1-4-37-25(35)16-38-22-10-8-19(9-11-22)18(2)31-27(36)20-6-5-7-21(14-20)29-15-24-32-33-26(34(24)3)23-12-13-28-17-30-23/h5-14,17-18,29H,4,15-16H2,1-3H3,(H,31,36)/t18-/m1/s1. The van der Waals surface area contributed by atoms with Crippen LogP contribution in [-0.2, 0) is 23.1 Å². The quantitative estimate of drug-likeness (QED) is 0.289. The predicted molar refractivity (Wildman–Crippen MR) is 140 cm³/mol. The Morgan fingerprint density at radius 3 is 2.63 bits per heavy atom. The summed E-state index contributed by atoms with van der Waals surface area (Å²) in [6, 6.07) is 16.0. The van der Waals surface area contributed by atoms with Crippen molar-refractivity contribution in [2.75, 3.05) is 18.5 Å². The summed E-state index contributed by atoms with van der Waals surface area (Å²) in [6.45, 7) is 4.22. The van der Waals surface area contributed by atoms with E-state index in [4.69, 9.17) is 9.47 Å². The van der Waals surface area contributed by atoms with Crippen LogP contribution in [0, 0.1) is 0 Å². The van der Waals surface area contributed by atoms with Gasteiger partial charge < -0.3 is 24.7 Å². The molecule has 0 fully saturated rings. The summed E-state index contributed by atoms with van der Waals surface area (Å²) in [5, 5.41) is 14.8. The number of ether oxygens (including phenoxy) is 2. The highest BCUT2D eigenvalue weighted by Crippen LogP contribution is 2.20. The van der Waals surface area contributed by atoms with Gasteiger partial charge in [-0.15, -0.1) is 10.2 Å². The molecule has 0 unspecified atom stereocenters. The van der Waals surface area contributed by atoms with E-state index in [1.54, 1.807) is 43.5 Å². The highest BCUT2D eigenvalue weighted by molar-refractivity contribution is 5.95. The number of carbonyl (C=O) groups is 2. The Morgan fingerprint density at radius 1 is 1.08 bits per heavy atom. The summed E-state index contributed by atoms with van der Waals surface area (Å²) >= 11 is 0. The fourth-order valence-electron chi connectivity index (χ4n) is 3.67. The SMILES string of the molecule is CCOC(=O)COc1ccc([C@@H](C)NC(=O)c2cccc(NCc3nnc(-c4ccncn4)n3C)c2)cc1. The third-order valence-electron chi connectivity index (χ3n) is 5.74. The first kappa shape index (κ1) is 26.3. The summed E-state index contributed by atoms with van der Waals surface area (Å²) < 4.78 is 12.1. The van der Waals surface area contributed by atoms with E-state index in [1.807, 2.05) is 42.8 Å². The van der Waals surface area contributed by atoms with Crippen molar-refractivity contribution in [2.24, 2.45) is 7.05 Å². The van der Waals surface area contributed by atoms with E-state index >= 15 is 0 Å². The minimum Gasteiger partial charge on any atom is -0.482 e. The van der Waals surface area contributed by atoms with Crippen molar-refractivity contribution in [1.82, 2.24) is 30.0 Å². The van der Waals surface area contributed by atoms with Gasteiger partial charge in [-0.1, -0.05) is 18.2 Å². The Bertz CT molecular complexity index is 1370. The molecule has 2 aromatic heterocycles. The Kier molecular flexibility index (Phi) is 8.60. The van der Waals surface area contributed by atoms with Gasteiger partial charge in [-0.3, -0.25) is 4.79 Å². The van der Waals surface area contributed by atoms with Crippen LogP contribution in [0.3, 0.4) is 0 Å². The Morgan fingerprint density at radius 2 is 1.89 bits per heavy atom. The molecule has 1 amide bonds. The first-order chi connectivity index (χ1) is 18.4. The highest BCUT2D eigenvalue weighted by Gasteiger charge is 2.14. The first-order valence-corrected chi connectivity index (χ1v) is 12.1. The highest BCUT2D eigenvalue weighted by atomic mass is 16.6. The number of nitrogens with zero attached hydrogens (tertiary/aromatic N) is 5. The molecule has 2 heterocycles. The summed E-state index contributed by atoms with van der Waals surface area (Å²) in [4.78, 5) is 32.5. The number of benzene rings is 2. The second-order valence-electron chi connectivity index (χ2n) is 8.39. The average Bonchev–Trinajstić information content (AvgIpc) is 3.31. The lowest BCUT2D eigenvalue weighted by Crippen LogP contribution is -2.26. The van der Waals surface area contributed by atoms with Gasteiger partial charge in [0.1, 0.15) is 17.8 Å². The molecule has 0 radical (unpaired) electrons. The van der Waals surface area contributed by atoms with Gasteiger partial charge >= 0.3 is 5.97 Å². The summed E-state index contributed by atoms with van der Waals surface area (Å²) in [7, 11) is 1.87. The summed E-state index contributed by atoms with van der Waals surface area (Å²) in [6.07, 6.45) is 3.13. The number of esters is 1. The molecular formula is C27H29N7O4. The number of amides is 1. The van der Waals surface area contributed by atoms with Crippen molar-refractivity contribution in [3.05, 3.63) is 84.1 Å². The first-order valence-electron chi connectivity index (χ1n) is 12.1. The molecule has 11 heteroatoms. The van der Waals surface area contributed by atoms with E-state index < -0.39 is 5.97 Å². The molecule has 0 aliphatic heterocycles. The number of rotatable bonds is 11. The zero-order valence-corrected chi connectivity index (χ0v) is 21.4. The molecule has 0 saturated carbocycles. The third-order valence-corrected chi connectivity index (χ3v) is 5.74. The molecule has 0 saturated heterocycles. The largest absolute Gasteiger partial charge is 0.482 e. The van der Waals surface area contributed by atoms with E-state index in [1.165, 1.54) is 6.33 Å². The van der Waals surface area contributed by atoms with Crippen molar-refractivity contribution >= 4 is 17.6 Å². The van der Waals surface area contributed by atoms with Crippen LogP contribution in [0.15, 0.2) is 67.1 Å². The van der Waals surface area contributed by atoms with Crippen molar-refractivity contribution in [3.63, 3.8) is 0 Å². The van der Waals surface area contributed by atoms with Crippen LogP contribution < -0.4 is 15.4 Å². The monoisotopic (exact) mass is 515 g/mol. The molecule has 0 bridgehead atoms. The minimum absolute atomic E-state index is 0.149. The lowest BCUT2D eigenvalue weighted by molar-refractivity contribution is -0.145. The fourth-order valence-corrected chi connectivity index (χ4v) is 3.67. The number of hydrogen-bond acceptors (Lipinski definition) is 9. The molecule has 196 valence electrons. The maximum atomic E-state index is 12.9. The third kappa shape index (κ3) is 6.69. The second-order valence-corrected chi connectivity index (χ2v) is 8.39. The van der Waals surface area contributed by atoms with Gasteiger partial charge in [0, 0.05) is 24.5 Å². The molecule has 4 aromatic rings. The van der Waals surface area contributed by atoms with Crippen molar-refractivity contribution in [3.8, 4) is 17.3 Å². The van der Waals surface area contributed by atoms with Gasteiger partial charge in [0.2, 0.25) is 0 Å². The van der Waals surface area contributed by atoms with Crippen LogP contribution in [-0.4, -0.2) is 49.8 Å². The molecule has 38 heavy (non-hydrogen) atoms. The normalized spacial score (nSPS) is 11.4. The van der Waals surface area contributed by atoms with Gasteiger partial charge in [-0.25, -0.2) is 14.8 Å². The zero-order chi connectivity index (χ0) is 26.9. The zero-order valence-electron chi connectivity index (χ0n) is 21.4. The molecule has 11 nitrogen and oxygen atoms in total. The topological polar surface area (TPSA) is 133 Å². The Labute approximate surface area is 220 Å². The lowest BCUT2D eigenvalue weighted by Gasteiger charge is -2.16. The molecule has 0 spiro atoms. The Balaban J connectivity index is 1.33. The van der Waals surface area contributed by atoms with E-state index in [0.717, 1.165) is 17.1 Å². The van der Waals surface area contributed by atoms with Crippen LogP contribution >= 0.6 is 0 Å². The van der Waals surface area contributed by atoms with E-state index in [0.29, 0.717) is 36.0 Å². The smallest absolute Gasteiger partial charge is 0.344 e.